The van der Waals surface area contributed by atoms with Crippen LogP contribution in [0.4, 0.5) is 0 Å². The van der Waals surface area contributed by atoms with Crippen LogP contribution < -0.4 is 10.1 Å². The van der Waals surface area contributed by atoms with E-state index < -0.39 is 35.5 Å². The molecule has 0 radical (unpaired) electrons. The number of ether oxygens (including phenoxy) is 1. The molecular formula is C19H15NO6. The second-order valence-electron chi connectivity index (χ2n) is 5.62. The summed E-state index contributed by atoms with van der Waals surface area (Å²) in [6, 6.07) is 12.1. The van der Waals surface area contributed by atoms with Gasteiger partial charge in [0.25, 0.3) is 5.91 Å². The smallest absolute Gasteiger partial charge is 0.322 e. The van der Waals surface area contributed by atoms with Crippen LogP contribution in [0, 0.1) is 0 Å². The lowest BCUT2D eigenvalue weighted by Gasteiger charge is -2.07. The molecule has 132 valence electrons. The molecule has 1 amide bonds. The number of carbonyl (C=O) groups excluding carboxylic acids is 2. The van der Waals surface area contributed by atoms with Crippen LogP contribution in [0.3, 0.4) is 0 Å². The Hall–Kier alpha value is -3.61. The number of carboxylic acids is 1. The van der Waals surface area contributed by atoms with Gasteiger partial charge in [0.15, 0.2) is 0 Å². The minimum absolute atomic E-state index is 0.184. The van der Waals surface area contributed by atoms with Crippen LogP contribution >= 0.6 is 0 Å². The van der Waals surface area contributed by atoms with Gasteiger partial charge >= 0.3 is 5.97 Å². The van der Waals surface area contributed by atoms with Crippen molar-refractivity contribution in [3.05, 3.63) is 59.2 Å². The molecule has 0 fully saturated rings. The van der Waals surface area contributed by atoms with Gasteiger partial charge < -0.3 is 20.3 Å². The standard InChI is InChI=1S/C19H15NO6/c1-26-12-4-2-3-10(7-12)11-5-6-13-14(8-11)18(24)16(17(13)23)19(25)20-9-15(21)22/h2-8,23H,9H2,1H3,(H,20,25)(H,21,22). The van der Waals surface area contributed by atoms with Gasteiger partial charge in [-0.05, 0) is 35.4 Å². The van der Waals surface area contributed by atoms with Crippen molar-refractivity contribution < 1.29 is 29.3 Å². The predicted molar refractivity (Wildman–Crippen MR) is 93.0 cm³/mol. The van der Waals surface area contributed by atoms with Gasteiger partial charge in [0.05, 0.1) is 7.11 Å². The lowest BCUT2D eigenvalue weighted by molar-refractivity contribution is -0.137. The van der Waals surface area contributed by atoms with Crippen molar-refractivity contribution in [2.45, 2.75) is 0 Å². The van der Waals surface area contributed by atoms with Gasteiger partial charge in [0.2, 0.25) is 5.78 Å². The summed E-state index contributed by atoms with van der Waals surface area (Å²) in [6.07, 6.45) is 0. The van der Waals surface area contributed by atoms with Crippen LogP contribution in [0.15, 0.2) is 48.0 Å². The molecule has 3 N–H and O–H groups in total. The quantitative estimate of drug-likeness (QED) is 0.709. The summed E-state index contributed by atoms with van der Waals surface area (Å²) in [5, 5.41) is 20.9. The van der Waals surface area contributed by atoms with E-state index in [1.54, 1.807) is 37.4 Å². The molecule has 1 aliphatic carbocycles. The monoisotopic (exact) mass is 353 g/mol. The molecule has 0 bridgehead atoms. The lowest BCUT2D eigenvalue weighted by Crippen LogP contribution is -2.32. The molecular weight excluding hydrogens is 338 g/mol. The average molecular weight is 353 g/mol. The summed E-state index contributed by atoms with van der Waals surface area (Å²) in [4.78, 5) is 35.2. The van der Waals surface area contributed by atoms with Crippen molar-refractivity contribution in [3.8, 4) is 16.9 Å². The Morgan fingerprint density at radius 2 is 1.81 bits per heavy atom. The zero-order valence-electron chi connectivity index (χ0n) is 13.8. The SMILES string of the molecule is COc1cccc(-c2ccc3c(c2)C(=O)C(C(=O)NCC(=O)O)=C3O)c1. The summed E-state index contributed by atoms with van der Waals surface area (Å²) in [5.41, 5.74) is 1.49. The second kappa shape index (κ2) is 6.72. The van der Waals surface area contributed by atoms with E-state index in [4.69, 9.17) is 9.84 Å². The zero-order valence-corrected chi connectivity index (χ0v) is 13.8. The number of aliphatic carboxylic acids is 1. The number of hydrogen-bond donors (Lipinski definition) is 3. The Labute approximate surface area is 148 Å². The Bertz CT molecular complexity index is 960. The molecule has 0 aliphatic heterocycles. The highest BCUT2D eigenvalue weighted by Crippen LogP contribution is 2.34. The highest BCUT2D eigenvalue weighted by molar-refractivity contribution is 6.34. The number of hydrogen-bond acceptors (Lipinski definition) is 5. The molecule has 7 nitrogen and oxygen atoms in total. The van der Waals surface area contributed by atoms with E-state index in [1.807, 2.05) is 12.1 Å². The van der Waals surface area contributed by atoms with Gasteiger partial charge in [-0.2, -0.15) is 0 Å². The number of benzene rings is 2. The predicted octanol–water partition coefficient (Wildman–Crippen LogP) is 2.03. The molecule has 0 atom stereocenters. The van der Waals surface area contributed by atoms with E-state index in [0.717, 1.165) is 11.1 Å². The highest BCUT2D eigenvalue weighted by atomic mass is 16.5. The number of amides is 1. The number of aliphatic hydroxyl groups excluding tert-OH is 1. The summed E-state index contributed by atoms with van der Waals surface area (Å²) in [7, 11) is 1.55. The van der Waals surface area contributed by atoms with Crippen LogP contribution in [0.2, 0.25) is 0 Å². The first-order valence-electron chi connectivity index (χ1n) is 7.69. The number of nitrogens with one attached hydrogen (secondary N) is 1. The third kappa shape index (κ3) is 3.02. The fourth-order valence-electron chi connectivity index (χ4n) is 2.75. The van der Waals surface area contributed by atoms with Crippen molar-refractivity contribution in [2.24, 2.45) is 0 Å². The van der Waals surface area contributed by atoms with Gasteiger partial charge in [0, 0.05) is 11.1 Å². The van der Waals surface area contributed by atoms with Crippen LogP contribution in [0.25, 0.3) is 16.9 Å². The minimum Gasteiger partial charge on any atom is -0.506 e. The number of aliphatic hydroxyl groups is 1. The normalized spacial score (nSPS) is 12.7. The summed E-state index contributed by atoms with van der Waals surface area (Å²) in [6.45, 7) is -0.645. The first kappa shape index (κ1) is 17.2. The molecule has 2 aromatic rings. The van der Waals surface area contributed by atoms with E-state index in [9.17, 15) is 19.5 Å². The second-order valence-corrected chi connectivity index (χ2v) is 5.62. The van der Waals surface area contributed by atoms with Crippen LogP contribution in [-0.2, 0) is 9.59 Å². The molecule has 0 unspecified atom stereocenters. The van der Waals surface area contributed by atoms with Gasteiger partial charge in [0.1, 0.15) is 23.6 Å². The molecule has 0 spiro atoms. The third-order valence-corrected chi connectivity index (χ3v) is 4.01. The maximum Gasteiger partial charge on any atom is 0.322 e. The van der Waals surface area contributed by atoms with E-state index >= 15 is 0 Å². The lowest BCUT2D eigenvalue weighted by atomic mass is 9.99. The fraction of sp³-hybridized carbons (Fsp3) is 0.105. The number of carboxylic acid groups (broad SMARTS) is 1. The van der Waals surface area contributed by atoms with E-state index in [-0.39, 0.29) is 11.1 Å². The Kier molecular flexibility index (Phi) is 4.45. The number of carbonyl (C=O) groups is 3. The van der Waals surface area contributed by atoms with Crippen molar-refractivity contribution in [2.75, 3.05) is 13.7 Å². The zero-order chi connectivity index (χ0) is 18.8. The van der Waals surface area contributed by atoms with Crippen molar-refractivity contribution in [1.82, 2.24) is 5.32 Å². The van der Waals surface area contributed by atoms with Crippen molar-refractivity contribution in [3.63, 3.8) is 0 Å². The summed E-state index contributed by atoms with van der Waals surface area (Å²) < 4.78 is 5.19. The largest absolute Gasteiger partial charge is 0.506 e. The molecule has 0 saturated heterocycles. The number of Topliss-reactive ketones (excluding diaryl/α,β-unsaturated/α-hetero) is 1. The van der Waals surface area contributed by atoms with Gasteiger partial charge in [-0.3, -0.25) is 14.4 Å². The van der Waals surface area contributed by atoms with Crippen molar-refractivity contribution >= 4 is 23.4 Å². The molecule has 0 aromatic heterocycles. The third-order valence-electron chi connectivity index (χ3n) is 4.01. The Morgan fingerprint density at radius 1 is 1.08 bits per heavy atom. The van der Waals surface area contributed by atoms with Gasteiger partial charge in [-0.15, -0.1) is 0 Å². The topological polar surface area (TPSA) is 113 Å². The average Bonchev–Trinajstić information content (AvgIpc) is 2.90. The minimum atomic E-state index is -1.25. The van der Waals surface area contributed by atoms with E-state index in [1.165, 1.54) is 0 Å². The van der Waals surface area contributed by atoms with Gasteiger partial charge in [-0.25, -0.2) is 0 Å². The van der Waals surface area contributed by atoms with Gasteiger partial charge in [-0.1, -0.05) is 18.2 Å². The van der Waals surface area contributed by atoms with Crippen LogP contribution in [0.5, 0.6) is 5.75 Å². The molecule has 2 aromatic carbocycles. The van der Waals surface area contributed by atoms with E-state index in [2.05, 4.69) is 5.32 Å². The molecule has 1 aliphatic rings. The molecule has 0 saturated carbocycles. The summed E-state index contributed by atoms with van der Waals surface area (Å²) in [5.74, 6) is -2.62. The Balaban J connectivity index is 1.94. The Morgan fingerprint density at radius 3 is 2.50 bits per heavy atom. The summed E-state index contributed by atoms with van der Waals surface area (Å²) >= 11 is 0. The van der Waals surface area contributed by atoms with Crippen LogP contribution in [0.1, 0.15) is 15.9 Å². The number of rotatable bonds is 5. The molecule has 0 heterocycles. The van der Waals surface area contributed by atoms with Crippen LogP contribution in [-0.4, -0.2) is 41.5 Å². The number of methoxy groups -OCH3 is 1. The molecule has 7 heteroatoms. The van der Waals surface area contributed by atoms with E-state index in [0.29, 0.717) is 5.75 Å². The molecule has 26 heavy (non-hydrogen) atoms. The number of fused-ring (bicyclic) bond motifs is 1. The highest BCUT2D eigenvalue weighted by Gasteiger charge is 2.34. The fourth-order valence-corrected chi connectivity index (χ4v) is 2.75. The number of ketones is 1. The first-order chi connectivity index (χ1) is 12.4. The maximum atomic E-state index is 12.5. The first-order valence-corrected chi connectivity index (χ1v) is 7.69. The van der Waals surface area contributed by atoms with Crippen molar-refractivity contribution in [1.29, 1.82) is 0 Å². The maximum absolute atomic E-state index is 12.5. The molecule has 3 rings (SSSR count).